The van der Waals surface area contributed by atoms with Crippen LogP contribution in [0.15, 0.2) is 261 Å². The minimum absolute atomic E-state index is 0. The van der Waals surface area contributed by atoms with Gasteiger partial charge < -0.3 is 15.0 Å². The van der Waals surface area contributed by atoms with Gasteiger partial charge in [0.2, 0.25) is 0 Å². The molecule has 0 aliphatic heterocycles. The van der Waals surface area contributed by atoms with Gasteiger partial charge in [0.1, 0.15) is 0 Å². The van der Waals surface area contributed by atoms with Crippen molar-refractivity contribution in [1.29, 1.82) is 0 Å². The molecule has 474 valence electrons. The van der Waals surface area contributed by atoms with Crippen LogP contribution in [0, 0.1) is 47.3 Å². The number of rotatable bonds is 16. The van der Waals surface area contributed by atoms with E-state index in [0.717, 1.165) is 41.5 Å². The molecule has 0 aliphatic carbocycles. The predicted octanol–water partition coefficient (Wildman–Crippen LogP) is 22.4. The molecule has 3 nitrogen and oxygen atoms in total. The van der Waals surface area contributed by atoms with Gasteiger partial charge in [-0.05, 0) is 102 Å². The third-order valence-electron chi connectivity index (χ3n) is 16.4. The minimum Gasteiger partial charge on any atom is -0.304 e. The van der Waals surface area contributed by atoms with Crippen molar-refractivity contribution in [2.75, 3.05) is 0 Å². The van der Waals surface area contributed by atoms with Crippen LogP contribution in [0.5, 0.6) is 0 Å². The van der Waals surface area contributed by atoms with Gasteiger partial charge in [-0.1, -0.05) is 217 Å². The molecule has 13 rings (SSSR count). The van der Waals surface area contributed by atoms with Crippen LogP contribution >= 0.6 is 0 Å². The Hall–Kier alpha value is -10.6. The van der Waals surface area contributed by atoms with E-state index in [4.69, 9.17) is 4.98 Å². The smallest absolute Gasteiger partial charge is 0.304 e. The molecule has 0 bridgehead atoms. The number of alkyl halides is 8. The first kappa shape index (κ1) is 65.5. The molecular formula is C79H43F13IrN3. The molecule has 0 fully saturated rings. The summed E-state index contributed by atoms with van der Waals surface area (Å²) in [6, 6.07) is 62.6. The molecule has 0 spiro atoms. The van der Waals surface area contributed by atoms with Crippen molar-refractivity contribution in [1.82, 2.24) is 15.0 Å². The molecule has 0 atom stereocenters. The fourth-order valence-corrected chi connectivity index (χ4v) is 11.4. The molecule has 3 aromatic heterocycles. The number of nitrogens with zero attached hydrogens (tertiary/aromatic N) is 3. The Balaban J connectivity index is 0.00000881. The fourth-order valence-electron chi connectivity index (χ4n) is 11.4. The zero-order chi connectivity index (χ0) is 66.4. The fraction of sp³-hybridized carbons (Fsp3) is 0.0506. The van der Waals surface area contributed by atoms with Crippen molar-refractivity contribution in [3.8, 4) is 112 Å². The molecule has 3 heterocycles. The largest absolute Gasteiger partial charge is 3.00 e. The molecule has 0 amide bonds. The summed E-state index contributed by atoms with van der Waals surface area (Å²) in [5.41, 5.74) is -6.23. The van der Waals surface area contributed by atoms with Crippen LogP contribution in [-0.2, 0) is 43.8 Å². The van der Waals surface area contributed by atoms with Gasteiger partial charge >= 0.3 is 43.8 Å². The third kappa shape index (κ3) is 12.1. The van der Waals surface area contributed by atoms with Gasteiger partial charge in [0, 0.05) is 75.5 Å². The SMILES string of the molecule is Fc1c[c-]c(-c2cc(-c3ccc(-c4ccccc4)cc3)c(-c3ccccc3-c3cc(C(F)(F)C(F)(F)c4ccc(-c5[c-]cc(F)c(-c6ccccc6)c5F)nc4)cc(C(F)(F)C(F)(F)c4ccc(-c5[c-]cc(F)c(-c6ccccc6)c5F)nc4)c3)cn2)cc1-c1ccccc1.[Ir+3]. The zero-order valence-corrected chi connectivity index (χ0v) is 51.8. The van der Waals surface area contributed by atoms with Gasteiger partial charge in [-0.2, -0.15) is 35.1 Å². The topological polar surface area (TPSA) is 38.7 Å². The summed E-state index contributed by atoms with van der Waals surface area (Å²) >= 11 is 0. The quantitative estimate of drug-likeness (QED) is 0.0715. The molecule has 0 radical (unpaired) electrons. The summed E-state index contributed by atoms with van der Waals surface area (Å²) in [4.78, 5) is 12.4. The first-order chi connectivity index (χ1) is 45.7. The van der Waals surface area contributed by atoms with Gasteiger partial charge in [0.25, 0.3) is 0 Å². The van der Waals surface area contributed by atoms with Crippen LogP contribution in [0.1, 0.15) is 22.3 Å². The second-order valence-corrected chi connectivity index (χ2v) is 22.2. The standard InChI is InChI=1S/C79H43F13N3.Ir/c80-66-34-29-53(41-64(66)49-17-7-2-8-18-49)71-43-63(50-27-25-48(26-28-50)47-15-5-1-6-16-47)65(46-95-71)60-24-14-13-23-59(60)54-39-57(78(89,90)76(85,86)55-30-37-69(93-44-55)61-32-35-67(81)72(74(61)83)51-19-9-3-10-20-51)42-58(40-54)79(91,92)77(87,88)56-31-38-70(94-45-56)62-33-36-68(82)73(75(62)84)52-21-11-4-12-22-52;/h1-28,30-31,34-46H;/q-3;+3. The normalized spacial score (nSPS) is 11.9. The van der Waals surface area contributed by atoms with Crippen molar-refractivity contribution in [3.05, 3.63) is 331 Å². The number of aromatic nitrogens is 3. The average molecular weight is 1470 g/mol. The number of benzene rings is 10. The van der Waals surface area contributed by atoms with E-state index in [1.165, 1.54) is 79.0 Å². The Morgan fingerprint density at radius 2 is 0.656 bits per heavy atom. The monoisotopic (exact) mass is 1470 g/mol. The molecule has 0 saturated carbocycles. The maximum Gasteiger partial charge on any atom is 3.00 e. The van der Waals surface area contributed by atoms with E-state index in [1.54, 1.807) is 66.7 Å². The minimum atomic E-state index is -5.56. The van der Waals surface area contributed by atoms with Gasteiger partial charge in [-0.3, -0.25) is 22.0 Å². The van der Waals surface area contributed by atoms with Crippen LogP contribution in [-0.4, -0.2) is 15.0 Å². The van der Waals surface area contributed by atoms with Crippen molar-refractivity contribution in [3.63, 3.8) is 0 Å². The number of halogens is 13. The number of pyridine rings is 3. The first-order valence-electron chi connectivity index (χ1n) is 29.2. The summed E-state index contributed by atoms with van der Waals surface area (Å²) in [5, 5.41) is 0. The second-order valence-electron chi connectivity index (χ2n) is 22.2. The zero-order valence-electron chi connectivity index (χ0n) is 49.4. The van der Waals surface area contributed by atoms with Crippen LogP contribution in [0.4, 0.5) is 57.1 Å². The van der Waals surface area contributed by atoms with Gasteiger partial charge in [0.05, 0.1) is 0 Å². The molecule has 13 aromatic rings. The van der Waals surface area contributed by atoms with Crippen molar-refractivity contribution >= 4 is 0 Å². The Morgan fingerprint density at radius 3 is 1.12 bits per heavy atom. The maximum absolute atomic E-state index is 17.5. The van der Waals surface area contributed by atoms with E-state index < -0.39 is 114 Å². The molecule has 0 N–H and O–H groups in total. The summed E-state index contributed by atoms with van der Waals surface area (Å²) in [6.45, 7) is 0. The summed E-state index contributed by atoms with van der Waals surface area (Å²) in [7, 11) is 0. The van der Waals surface area contributed by atoms with Crippen LogP contribution < -0.4 is 0 Å². The number of hydrogen-bond acceptors (Lipinski definition) is 3. The summed E-state index contributed by atoms with van der Waals surface area (Å²) in [6.07, 6.45) is 1.96. The molecule has 96 heavy (non-hydrogen) atoms. The van der Waals surface area contributed by atoms with E-state index >= 15 is 57.1 Å². The molecule has 10 aromatic carbocycles. The van der Waals surface area contributed by atoms with Gasteiger partial charge in [0.15, 0.2) is 0 Å². The van der Waals surface area contributed by atoms with Crippen LogP contribution in [0.3, 0.4) is 0 Å². The third-order valence-corrected chi connectivity index (χ3v) is 16.4. The van der Waals surface area contributed by atoms with Crippen LogP contribution in [0.25, 0.3) is 112 Å². The Kier molecular flexibility index (Phi) is 17.9. The Morgan fingerprint density at radius 1 is 0.271 bits per heavy atom. The van der Waals surface area contributed by atoms with E-state index in [-0.39, 0.29) is 77.6 Å². The molecule has 17 heteroatoms. The average Bonchev–Trinajstić information content (AvgIpc) is 0.735. The Labute approximate surface area is 555 Å². The number of hydrogen-bond donors (Lipinski definition) is 0. The van der Waals surface area contributed by atoms with E-state index in [0.29, 0.717) is 46.5 Å². The second kappa shape index (κ2) is 26.3. The van der Waals surface area contributed by atoms with E-state index in [1.807, 2.05) is 42.5 Å². The Bertz CT molecular complexity index is 4800. The summed E-state index contributed by atoms with van der Waals surface area (Å²) < 4.78 is 216. The van der Waals surface area contributed by atoms with Crippen molar-refractivity contribution < 1.29 is 77.2 Å². The van der Waals surface area contributed by atoms with Crippen molar-refractivity contribution in [2.45, 2.75) is 23.7 Å². The van der Waals surface area contributed by atoms with Crippen LogP contribution in [0.2, 0.25) is 0 Å². The first-order valence-corrected chi connectivity index (χ1v) is 29.2. The molecule has 0 aliphatic rings. The van der Waals surface area contributed by atoms with E-state index in [9.17, 15) is 0 Å². The van der Waals surface area contributed by atoms with Gasteiger partial charge in [-0.25, -0.2) is 0 Å². The van der Waals surface area contributed by atoms with Crippen molar-refractivity contribution in [2.24, 2.45) is 0 Å². The molecule has 0 unspecified atom stereocenters. The molecular weight excluding hydrogens is 1430 g/mol. The molecule has 0 saturated heterocycles. The van der Waals surface area contributed by atoms with Gasteiger partial charge in [-0.15, -0.1) is 48.0 Å². The maximum atomic E-state index is 17.5. The summed E-state index contributed by atoms with van der Waals surface area (Å²) in [5.74, 6) is -27.0. The van der Waals surface area contributed by atoms with E-state index in [2.05, 4.69) is 28.2 Å². The predicted molar refractivity (Wildman–Crippen MR) is 339 cm³/mol.